The largest absolute Gasteiger partial charge is 0.354 e. The molecule has 0 saturated heterocycles. The Morgan fingerprint density at radius 2 is 1.94 bits per heavy atom. The lowest BCUT2D eigenvalue weighted by atomic mass is 10.3. The van der Waals surface area contributed by atoms with Crippen molar-refractivity contribution in [2.75, 3.05) is 24.5 Å². The number of anilines is 1. The summed E-state index contributed by atoms with van der Waals surface area (Å²) in [4.78, 5) is 11.2. The second-order valence-corrected chi connectivity index (χ2v) is 3.99. The molecule has 0 atom stereocenters. The van der Waals surface area contributed by atoms with E-state index in [-0.39, 0.29) is 0 Å². The number of hydrogen-bond donors (Lipinski definition) is 1. The van der Waals surface area contributed by atoms with E-state index in [1.165, 1.54) is 0 Å². The molecular weight excluding hydrogens is 212 g/mol. The fraction of sp³-hybridized carbons (Fsp3) is 0.385. The van der Waals surface area contributed by atoms with Crippen molar-refractivity contribution in [3.63, 3.8) is 0 Å². The van der Waals surface area contributed by atoms with Gasteiger partial charge in [0.15, 0.2) is 0 Å². The van der Waals surface area contributed by atoms with Gasteiger partial charge in [-0.2, -0.15) is 0 Å². The predicted molar refractivity (Wildman–Crippen MR) is 71.1 cm³/mol. The minimum atomic E-state index is 0.633. The number of nitrogens with zero attached hydrogens (tertiary/aromatic N) is 3. The molecule has 0 saturated carbocycles. The first kappa shape index (κ1) is 11.8. The molecule has 2 N–H and O–H groups in total. The van der Waals surface area contributed by atoms with E-state index in [1.807, 2.05) is 30.5 Å². The highest BCUT2D eigenvalue weighted by Crippen LogP contribution is 2.15. The van der Waals surface area contributed by atoms with Gasteiger partial charge in [-0.05, 0) is 18.6 Å². The lowest BCUT2D eigenvalue weighted by Crippen LogP contribution is -2.30. The summed E-state index contributed by atoms with van der Waals surface area (Å²) in [6, 6.07) is 7.91. The summed E-state index contributed by atoms with van der Waals surface area (Å²) in [6.07, 6.45) is 2.90. The summed E-state index contributed by atoms with van der Waals surface area (Å²) in [5, 5.41) is 0. The average molecular weight is 230 g/mol. The van der Waals surface area contributed by atoms with E-state index in [4.69, 9.17) is 5.73 Å². The molecule has 0 bridgehead atoms. The van der Waals surface area contributed by atoms with Crippen LogP contribution in [0.1, 0.15) is 13.3 Å². The van der Waals surface area contributed by atoms with Crippen LogP contribution in [0.3, 0.4) is 0 Å². The first-order valence-electron chi connectivity index (χ1n) is 6.02. The van der Waals surface area contributed by atoms with Gasteiger partial charge in [0.25, 0.3) is 0 Å². The molecule has 0 fully saturated rings. The van der Waals surface area contributed by atoms with Crippen LogP contribution in [0.2, 0.25) is 0 Å². The Labute approximate surface area is 101 Å². The van der Waals surface area contributed by atoms with Gasteiger partial charge in [0.05, 0.1) is 17.2 Å². The number of aromatic nitrogens is 2. The lowest BCUT2D eigenvalue weighted by Gasteiger charge is -2.22. The summed E-state index contributed by atoms with van der Waals surface area (Å²) in [6.45, 7) is 4.57. The van der Waals surface area contributed by atoms with Gasteiger partial charge in [-0.1, -0.05) is 19.1 Å². The minimum Gasteiger partial charge on any atom is -0.354 e. The number of nitrogens with two attached hydrogens (primary N) is 1. The maximum Gasteiger partial charge on any atom is 0.147 e. The molecule has 0 aliphatic rings. The molecule has 2 aromatic rings. The van der Waals surface area contributed by atoms with Crippen LogP contribution in [-0.2, 0) is 0 Å². The molecule has 0 spiro atoms. The fourth-order valence-electron chi connectivity index (χ4n) is 1.87. The summed E-state index contributed by atoms with van der Waals surface area (Å²) in [5.74, 6) is 0.913. The monoisotopic (exact) mass is 230 g/mol. The highest BCUT2D eigenvalue weighted by atomic mass is 15.2. The Morgan fingerprint density at radius 3 is 2.65 bits per heavy atom. The third-order valence-corrected chi connectivity index (χ3v) is 2.65. The van der Waals surface area contributed by atoms with E-state index >= 15 is 0 Å². The molecule has 0 amide bonds. The maximum absolute atomic E-state index is 5.62. The van der Waals surface area contributed by atoms with Gasteiger partial charge in [-0.15, -0.1) is 0 Å². The van der Waals surface area contributed by atoms with E-state index in [0.717, 1.165) is 36.4 Å². The van der Waals surface area contributed by atoms with Gasteiger partial charge in [-0.3, -0.25) is 4.98 Å². The Hall–Kier alpha value is -1.68. The standard InChI is InChI=1S/C13H18N4/c1-2-8-17(9-7-14)13-10-15-11-5-3-4-6-12(11)16-13/h3-6,10H,2,7-9,14H2,1H3. The van der Waals surface area contributed by atoms with E-state index in [9.17, 15) is 0 Å². The zero-order valence-corrected chi connectivity index (χ0v) is 10.1. The third-order valence-electron chi connectivity index (χ3n) is 2.65. The van der Waals surface area contributed by atoms with Crippen LogP contribution in [0.25, 0.3) is 11.0 Å². The second kappa shape index (κ2) is 5.59. The van der Waals surface area contributed by atoms with Crippen LogP contribution in [0.15, 0.2) is 30.5 Å². The Kier molecular flexibility index (Phi) is 3.88. The molecule has 17 heavy (non-hydrogen) atoms. The average Bonchev–Trinajstić information content (AvgIpc) is 2.38. The van der Waals surface area contributed by atoms with Crippen LogP contribution in [-0.4, -0.2) is 29.6 Å². The molecular formula is C13H18N4. The van der Waals surface area contributed by atoms with Crippen molar-refractivity contribution >= 4 is 16.9 Å². The van der Waals surface area contributed by atoms with Crippen molar-refractivity contribution in [2.24, 2.45) is 5.73 Å². The molecule has 0 radical (unpaired) electrons. The number of para-hydroxylation sites is 2. The van der Waals surface area contributed by atoms with Gasteiger partial charge in [0, 0.05) is 19.6 Å². The van der Waals surface area contributed by atoms with Gasteiger partial charge in [0.2, 0.25) is 0 Å². The van der Waals surface area contributed by atoms with Gasteiger partial charge < -0.3 is 10.6 Å². The zero-order chi connectivity index (χ0) is 12.1. The molecule has 0 aliphatic heterocycles. The van der Waals surface area contributed by atoms with Crippen molar-refractivity contribution in [3.8, 4) is 0 Å². The highest BCUT2D eigenvalue weighted by molar-refractivity contribution is 5.75. The highest BCUT2D eigenvalue weighted by Gasteiger charge is 2.07. The molecule has 4 nitrogen and oxygen atoms in total. The van der Waals surface area contributed by atoms with E-state index in [0.29, 0.717) is 6.54 Å². The molecule has 0 unspecified atom stereocenters. The quantitative estimate of drug-likeness (QED) is 0.851. The number of hydrogen-bond acceptors (Lipinski definition) is 4. The fourth-order valence-corrected chi connectivity index (χ4v) is 1.87. The molecule has 1 aromatic carbocycles. The van der Waals surface area contributed by atoms with Crippen LogP contribution in [0.4, 0.5) is 5.82 Å². The first-order valence-corrected chi connectivity index (χ1v) is 6.02. The Bertz CT molecular complexity index is 478. The molecule has 0 aliphatic carbocycles. The molecule has 1 heterocycles. The second-order valence-electron chi connectivity index (χ2n) is 3.99. The predicted octanol–water partition coefficient (Wildman–Crippen LogP) is 1.80. The van der Waals surface area contributed by atoms with Crippen LogP contribution >= 0.6 is 0 Å². The van der Waals surface area contributed by atoms with Crippen molar-refractivity contribution in [3.05, 3.63) is 30.5 Å². The van der Waals surface area contributed by atoms with Crippen molar-refractivity contribution in [1.29, 1.82) is 0 Å². The van der Waals surface area contributed by atoms with Crippen LogP contribution in [0.5, 0.6) is 0 Å². The van der Waals surface area contributed by atoms with Gasteiger partial charge in [0.1, 0.15) is 5.82 Å². The molecule has 4 heteroatoms. The molecule has 90 valence electrons. The van der Waals surface area contributed by atoms with Crippen LogP contribution < -0.4 is 10.6 Å². The summed E-state index contributed by atoms with van der Waals surface area (Å²) in [5.41, 5.74) is 7.48. The molecule has 2 rings (SSSR count). The van der Waals surface area contributed by atoms with E-state index < -0.39 is 0 Å². The van der Waals surface area contributed by atoms with E-state index in [1.54, 1.807) is 0 Å². The third kappa shape index (κ3) is 2.71. The number of rotatable bonds is 5. The van der Waals surface area contributed by atoms with Crippen molar-refractivity contribution in [1.82, 2.24) is 9.97 Å². The summed E-state index contributed by atoms with van der Waals surface area (Å²) >= 11 is 0. The smallest absolute Gasteiger partial charge is 0.147 e. The topological polar surface area (TPSA) is 55.0 Å². The SMILES string of the molecule is CCCN(CCN)c1cnc2ccccc2n1. The van der Waals surface area contributed by atoms with E-state index in [2.05, 4.69) is 21.8 Å². The van der Waals surface area contributed by atoms with Crippen molar-refractivity contribution < 1.29 is 0 Å². The maximum atomic E-state index is 5.62. The minimum absolute atomic E-state index is 0.633. The number of benzene rings is 1. The first-order chi connectivity index (χ1) is 8.35. The van der Waals surface area contributed by atoms with Gasteiger partial charge in [-0.25, -0.2) is 4.98 Å². The van der Waals surface area contributed by atoms with Gasteiger partial charge >= 0.3 is 0 Å². The van der Waals surface area contributed by atoms with Crippen LogP contribution in [0, 0.1) is 0 Å². The summed E-state index contributed by atoms with van der Waals surface area (Å²) in [7, 11) is 0. The molecule has 1 aromatic heterocycles. The number of fused-ring (bicyclic) bond motifs is 1. The lowest BCUT2D eigenvalue weighted by molar-refractivity contribution is 0.751. The Morgan fingerprint density at radius 1 is 1.18 bits per heavy atom. The summed E-state index contributed by atoms with van der Waals surface area (Å²) < 4.78 is 0. The van der Waals surface area contributed by atoms with Crippen molar-refractivity contribution in [2.45, 2.75) is 13.3 Å². The zero-order valence-electron chi connectivity index (χ0n) is 10.1. The Balaban J connectivity index is 2.32. The normalized spacial score (nSPS) is 10.7.